The minimum absolute atomic E-state index is 0.0460. The zero-order valence-electron chi connectivity index (χ0n) is 13.7. The second kappa shape index (κ2) is 5.73. The number of aromatic hydroxyl groups is 1. The summed E-state index contributed by atoms with van der Waals surface area (Å²) in [5.74, 6) is -0.853. The van der Waals surface area contributed by atoms with Gasteiger partial charge in [0.05, 0.1) is 17.8 Å². The first-order valence-corrected chi connectivity index (χ1v) is 8.15. The predicted molar refractivity (Wildman–Crippen MR) is 93.7 cm³/mol. The fraction of sp³-hybridized carbons (Fsp3) is 0.211. The standard InChI is InChI=1S/C19H17N3O3/c1-11-9-12-5-4-7-14-16(12)22(11)19(25)15(17(14)23)18(24)21-10-13-6-2-3-8-20-13/h2-8,11,23H,9-10H2,1H3,(H,21,24)/t11-/m1/s1. The summed E-state index contributed by atoms with van der Waals surface area (Å²) in [6.45, 7) is 2.12. The Kier molecular flexibility index (Phi) is 3.53. The van der Waals surface area contributed by atoms with Crippen LogP contribution in [0.4, 0.5) is 0 Å². The largest absolute Gasteiger partial charge is 0.506 e. The number of carbonyl (C=O) groups is 1. The zero-order valence-corrected chi connectivity index (χ0v) is 13.7. The van der Waals surface area contributed by atoms with E-state index >= 15 is 0 Å². The van der Waals surface area contributed by atoms with Crippen molar-refractivity contribution in [2.75, 3.05) is 0 Å². The molecule has 0 unspecified atom stereocenters. The van der Waals surface area contributed by atoms with Gasteiger partial charge in [0.1, 0.15) is 11.3 Å². The Labute approximate surface area is 143 Å². The van der Waals surface area contributed by atoms with Crippen LogP contribution in [-0.2, 0) is 13.0 Å². The fourth-order valence-electron chi connectivity index (χ4n) is 3.49. The highest BCUT2D eigenvalue weighted by Crippen LogP contribution is 2.35. The highest BCUT2D eigenvalue weighted by atomic mass is 16.3. The molecule has 0 saturated carbocycles. The van der Waals surface area contributed by atoms with Crippen LogP contribution in [0.3, 0.4) is 0 Å². The molecule has 3 heterocycles. The van der Waals surface area contributed by atoms with Crippen LogP contribution in [0.1, 0.15) is 34.6 Å². The topological polar surface area (TPSA) is 84.2 Å². The molecule has 6 nitrogen and oxygen atoms in total. The molecule has 2 N–H and O–H groups in total. The third kappa shape index (κ3) is 2.38. The van der Waals surface area contributed by atoms with E-state index in [4.69, 9.17) is 0 Å². The maximum atomic E-state index is 12.9. The minimum Gasteiger partial charge on any atom is -0.506 e. The van der Waals surface area contributed by atoms with Gasteiger partial charge in [-0.3, -0.25) is 14.6 Å². The first-order chi connectivity index (χ1) is 12.1. The second-order valence-corrected chi connectivity index (χ2v) is 6.27. The number of hydrogen-bond donors (Lipinski definition) is 2. The number of nitrogens with zero attached hydrogens (tertiary/aromatic N) is 2. The number of para-hydroxylation sites is 1. The van der Waals surface area contributed by atoms with Crippen molar-refractivity contribution in [1.82, 2.24) is 14.9 Å². The Morgan fingerprint density at radius 3 is 2.92 bits per heavy atom. The third-order valence-electron chi connectivity index (χ3n) is 4.62. The summed E-state index contributed by atoms with van der Waals surface area (Å²) in [7, 11) is 0. The summed E-state index contributed by atoms with van der Waals surface area (Å²) < 4.78 is 1.61. The van der Waals surface area contributed by atoms with Crippen molar-refractivity contribution in [3.05, 3.63) is 69.8 Å². The van der Waals surface area contributed by atoms with Crippen LogP contribution in [0.5, 0.6) is 5.75 Å². The van der Waals surface area contributed by atoms with Crippen molar-refractivity contribution in [3.63, 3.8) is 0 Å². The van der Waals surface area contributed by atoms with Crippen LogP contribution in [-0.4, -0.2) is 20.6 Å². The average Bonchev–Trinajstić information content (AvgIpc) is 2.96. The van der Waals surface area contributed by atoms with E-state index in [-0.39, 0.29) is 23.9 Å². The molecule has 1 aliphatic rings. The van der Waals surface area contributed by atoms with E-state index in [1.807, 2.05) is 25.1 Å². The van der Waals surface area contributed by atoms with E-state index in [0.29, 0.717) is 17.5 Å². The minimum atomic E-state index is -0.594. The number of aromatic nitrogens is 2. The van der Waals surface area contributed by atoms with Crippen molar-refractivity contribution in [3.8, 4) is 5.75 Å². The molecule has 1 amide bonds. The van der Waals surface area contributed by atoms with E-state index in [1.54, 1.807) is 29.0 Å². The summed E-state index contributed by atoms with van der Waals surface area (Å²) in [4.78, 5) is 29.6. The molecule has 3 aromatic rings. The van der Waals surface area contributed by atoms with E-state index in [9.17, 15) is 14.7 Å². The van der Waals surface area contributed by atoms with E-state index in [0.717, 1.165) is 11.1 Å². The molecule has 2 aromatic heterocycles. The molecule has 1 aliphatic heterocycles. The number of pyridine rings is 2. The van der Waals surface area contributed by atoms with Crippen LogP contribution in [0, 0.1) is 0 Å². The Morgan fingerprint density at radius 2 is 2.16 bits per heavy atom. The van der Waals surface area contributed by atoms with Gasteiger partial charge in [-0.15, -0.1) is 0 Å². The van der Waals surface area contributed by atoms with Gasteiger partial charge in [0.2, 0.25) is 0 Å². The van der Waals surface area contributed by atoms with Gasteiger partial charge in [0.25, 0.3) is 11.5 Å². The van der Waals surface area contributed by atoms with Gasteiger partial charge in [-0.25, -0.2) is 0 Å². The molecule has 1 atom stereocenters. The Balaban J connectivity index is 1.78. The van der Waals surface area contributed by atoms with E-state index in [1.165, 1.54) is 0 Å². The normalized spacial score (nSPS) is 15.5. The zero-order chi connectivity index (χ0) is 17.6. The lowest BCUT2D eigenvalue weighted by molar-refractivity contribution is 0.0946. The molecule has 0 fully saturated rings. The molecular formula is C19H17N3O3. The number of carbonyl (C=O) groups excluding carboxylic acids is 1. The lowest BCUT2D eigenvalue weighted by atomic mass is 10.1. The van der Waals surface area contributed by atoms with Crippen molar-refractivity contribution in [2.45, 2.75) is 25.9 Å². The van der Waals surface area contributed by atoms with Crippen LogP contribution in [0.25, 0.3) is 10.9 Å². The molecular weight excluding hydrogens is 318 g/mol. The highest BCUT2D eigenvalue weighted by molar-refractivity contribution is 6.03. The lowest BCUT2D eigenvalue weighted by Crippen LogP contribution is -2.33. The molecule has 4 rings (SSSR count). The first kappa shape index (κ1) is 15.4. The van der Waals surface area contributed by atoms with Crippen LogP contribution < -0.4 is 10.9 Å². The molecule has 25 heavy (non-hydrogen) atoms. The number of benzene rings is 1. The quantitative estimate of drug-likeness (QED) is 0.768. The molecule has 0 spiro atoms. The van der Waals surface area contributed by atoms with Crippen molar-refractivity contribution in [2.24, 2.45) is 0 Å². The molecule has 0 bridgehead atoms. The van der Waals surface area contributed by atoms with Crippen molar-refractivity contribution >= 4 is 16.8 Å². The maximum absolute atomic E-state index is 12.9. The first-order valence-electron chi connectivity index (χ1n) is 8.15. The molecule has 0 saturated heterocycles. The van der Waals surface area contributed by atoms with Gasteiger partial charge in [-0.2, -0.15) is 0 Å². The smallest absolute Gasteiger partial charge is 0.267 e. The third-order valence-corrected chi connectivity index (χ3v) is 4.62. The summed E-state index contributed by atoms with van der Waals surface area (Å²) in [6.07, 6.45) is 2.35. The van der Waals surface area contributed by atoms with Crippen LogP contribution >= 0.6 is 0 Å². The summed E-state index contributed by atoms with van der Waals surface area (Å²) in [6, 6.07) is 10.9. The van der Waals surface area contributed by atoms with E-state index < -0.39 is 11.5 Å². The second-order valence-electron chi connectivity index (χ2n) is 6.27. The van der Waals surface area contributed by atoms with E-state index in [2.05, 4.69) is 10.3 Å². The highest BCUT2D eigenvalue weighted by Gasteiger charge is 2.29. The van der Waals surface area contributed by atoms with Gasteiger partial charge in [0.15, 0.2) is 0 Å². The van der Waals surface area contributed by atoms with Gasteiger partial charge in [0, 0.05) is 17.6 Å². The number of nitrogens with one attached hydrogen (secondary N) is 1. The fourth-order valence-corrected chi connectivity index (χ4v) is 3.49. The summed E-state index contributed by atoms with van der Waals surface area (Å²) >= 11 is 0. The van der Waals surface area contributed by atoms with Crippen LogP contribution in [0.15, 0.2) is 47.4 Å². The molecule has 0 radical (unpaired) electrons. The Hall–Kier alpha value is -3.15. The summed E-state index contributed by atoms with van der Waals surface area (Å²) in [5, 5.41) is 13.8. The monoisotopic (exact) mass is 335 g/mol. The SMILES string of the molecule is C[C@@H]1Cc2cccc3c(O)c(C(=O)NCc4ccccn4)c(=O)n1c23. The average molecular weight is 335 g/mol. The molecule has 0 aliphatic carbocycles. The maximum Gasteiger partial charge on any atom is 0.267 e. The lowest BCUT2D eigenvalue weighted by Gasteiger charge is -2.14. The predicted octanol–water partition coefficient (Wildman–Crippen LogP) is 2.15. The molecule has 1 aromatic carbocycles. The van der Waals surface area contributed by atoms with Gasteiger partial charge >= 0.3 is 0 Å². The van der Waals surface area contributed by atoms with Gasteiger partial charge < -0.3 is 15.0 Å². The number of hydrogen-bond acceptors (Lipinski definition) is 4. The van der Waals surface area contributed by atoms with Gasteiger partial charge in [-0.05, 0) is 37.1 Å². The number of amides is 1. The molecule has 126 valence electrons. The van der Waals surface area contributed by atoms with Crippen molar-refractivity contribution in [1.29, 1.82) is 0 Å². The Morgan fingerprint density at radius 1 is 1.32 bits per heavy atom. The number of rotatable bonds is 3. The molecule has 6 heteroatoms. The Bertz CT molecular complexity index is 1040. The van der Waals surface area contributed by atoms with Crippen LogP contribution in [0.2, 0.25) is 0 Å². The van der Waals surface area contributed by atoms with Crippen molar-refractivity contribution < 1.29 is 9.90 Å². The van der Waals surface area contributed by atoms with Gasteiger partial charge in [-0.1, -0.05) is 18.2 Å². The summed E-state index contributed by atoms with van der Waals surface area (Å²) in [5.41, 5.74) is 1.74.